The van der Waals surface area contributed by atoms with Gasteiger partial charge in [0.25, 0.3) is 0 Å². The van der Waals surface area contributed by atoms with E-state index in [0.29, 0.717) is 6.42 Å². The molecule has 2 aliphatic rings. The van der Waals surface area contributed by atoms with Gasteiger partial charge in [0.05, 0.1) is 7.11 Å². The van der Waals surface area contributed by atoms with Gasteiger partial charge in [0.2, 0.25) is 5.91 Å². The van der Waals surface area contributed by atoms with E-state index >= 15 is 0 Å². The molecule has 100 valence electrons. The Balaban J connectivity index is 2.27. The van der Waals surface area contributed by atoms with Gasteiger partial charge in [-0.1, -0.05) is 12.8 Å². The molecule has 1 aliphatic heterocycles. The molecule has 1 N–H and O–H groups in total. The minimum Gasteiger partial charge on any atom is -0.480 e. The highest BCUT2D eigenvalue weighted by Gasteiger charge is 2.48. The zero-order valence-corrected chi connectivity index (χ0v) is 10.3. The van der Waals surface area contributed by atoms with Crippen molar-refractivity contribution in [2.24, 2.45) is 11.8 Å². The summed E-state index contributed by atoms with van der Waals surface area (Å²) in [6.07, 6.45) is 3.08. The Kier molecular flexibility index (Phi) is 3.54. The number of fused-ring (bicyclic) bond motifs is 1. The van der Waals surface area contributed by atoms with E-state index < -0.39 is 18.1 Å². The van der Waals surface area contributed by atoms with Crippen LogP contribution >= 0.6 is 0 Å². The Morgan fingerprint density at radius 1 is 1.33 bits per heavy atom. The maximum absolute atomic E-state index is 12.2. The summed E-state index contributed by atoms with van der Waals surface area (Å²) in [5.41, 5.74) is 0. The first-order valence-electron chi connectivity index (χ1n) is 6.20. The van der Waals surface area contributed by atoms with Crippen LogP contribution in [0.5, 0.6) is 0 Å². The molecule has 6 nitrogen and oxygen atoms in total. The monoisotopic (exact) mass is 255 g/mol. The van der Waals surface area contributed by atoms with Crippen LogP contribution in [0.1, 0.15) is 32.1 Å². The van der Waals surface area contributed by atoms with E-state index in [9.17, 15) is 14.4 Å². The fraction of sp³-hybridized carbons (Fsp3) is 0.750. The second kappa shape index (κ2) is 4.96. The number of imide groups is 1. The number of rotatable bonds is 1. The Morgan fingerprint density at radius 3 is 2.61 bits per heavy atom. The van der Waals surface area contributed by atoms with Gasteiger partial charge < -0.3 is 9.84 Å². The summed E-state index contributed by atoms with van der Waals surface area (Å²) in [4.78, 5) is 35.8. The summed E-state index contributed by atoms with van der Waals surface area (Å²) >= 11 is 0. The smallest absolute Gasteiger partial charge is 0.417 e. The number of methoxy groups -OCH3 is 1. The number of ether oxygens (including phenoxy) is 1. The number of carbonyl (C=O) groups excluding carboxylic acids is 2. The van der Waals surface area contributed by atoms with Gasteiger partial charge in [-0.3, -0.25) is 4.79 Å². The molecule has 6 heteroatoms. The third kappa shape index (κ3) is 2.07. The summed E-state index contributed by atoms with van der Waals surface area (Å²) in [5, 5.41) is 9.16. The topological polar surface area (TPSA) is 83.9 Å². The van der Waals surface area contributed by atoms with Gasteiger partial charge in [0.15, 0.2) is 0 Å². The molecule has 3 atom stereocenters. The number of carboxylic acid groups (broad SMARTS) is 1. The van der Waals surface area contributed by atoms with Crippen molar-refractivity contribution in [3.05, 3.63) is 0 Å². The van der Waals surface area contributed by atoms with Crippen molar-refractivity contribution in [3.63, 3.8) is 0 Å². The number of aliphatic carboxylic acids is 1. The minimum atomic E-state index is -1.14. The lowest BCUT2D eigenvalue weighted by molar-refractivity contribution is -0.157. The van der Waals surface area contributed by atoms with Crippen molar-refractivity contribution >= 4 is 18.0 Å². The van der Waals surface area contributed by atoms with E-state index in [1.807, 2.05) is 0 Å². The molecule has 0 aromatic heterocycles. The molecule has 2 fully saturated rings. The molecule has 2 rings (SSSR count). The Morgan fingerprint density at radius 2 is 2.00 bits per heavy atom. The molecule has 0 radical (unpaired) electrons. The lowest BCUT2D eigenvalue weighted by atomic mass is 9.72. The van der Waals surface area contributed by atoms with Gasteiger partial charge in [-0.15, -0.1) is 0 Å². The van der Waals surface area contributed by atoms with Gasteiger partial charge in [-0.2, -0.15) is 0 Å². The molecular weight excluding hydrogens is 238 g/mol. The van der Waals surface area contributed by atoms with Crippen LogP contribution in [0.3, 0.4) is 0 Å². The molecule has 3 unspecified atom stereocenters. The molecule has 2 amide bonds. The van der Waals surface area contributed by atoms with Crippen LogP contribution in [-0.4, -0.2) is 41.1 Å². The Labute approximate surface area is 105 Å². The molecule has 1 aliphatic carbocycles. The molecule has 0 aromatic rings. The first kappa shape index (κ1) is 12.9. The molecule has 0 aromatic carbocycles. The predicted octanol–water partition coefficient (Wildman–Crippen LogP) is 1.24. The van der Waals surface area contributed by atoms with Crippen molar-refractivity contribution in [1.29, 1.82) is 0 Å². The Bertz CT molecular complexity index is 381. The number of hydrogen-bond donors (Lipinski definition) is 1. The summed E-state index contributed by atoms with van der Waals surface area (Å²) in [5.74, 6) is -1.65. The van der Waals surface area contributed by atoms with E-state index in [4.69, 9.17) is 5.11 Å². The van der Waals surface area contributed by atoms with Crippen LogP contribution < -0.4 is 0 Å². The van der Waals surface area contributed by atoms with Crippen LogP contribution in [0.4, 0.5) is 4.79 Å². The van der Waals surface area contributed by atoms with Gasteiger partial charge in [-0.25, -0.2) is 14.5 Å². The van der Waals surface area contributed by atoms with E-state index in [1.54, 1.807) is 0 Å². The number of hydrogen-bond acceptors (Lipinski definition) is 4. The van der Waals surface area contributed by atoms with Crippen molar-refractivity contribution in [2.75, 3.05) is 7.11 Å². The molecule has 1 saturated heterocycles. The predicted molar refractivity (Wildman–Crippen MR) is 60.7 cm³/mol. The largest absolute Gasteiger partial charge is 0.480 e. The highest BCUT2D eigenvalue weighted by molar-refractivity contribution is 5.98. The number of likely N-dealkylation sites (tertiary alicyclic amines) is 1. The summed E-state index contributed by atoms with van der Waals surface area (Å²) < 4.78 is 4.52. The SMILES string of the molecule is COC(=O)N1C(=O)C2CCCCC2CC1C(=O)O. The number of piperidine rings is 1. The number of nitrogens with zero attached hydrogens (tertiary/aromatic N) is 1. The number of amides is 2. The summed E-state index contributed by atoms with van der Waals surface area (Å²) in [7, 11) is 1.15. The fourth-order valence-electron chi connectivity index (χ4n) is 3.07. The summed E-state index contributed by atoms with van der Waals surface area (Å²) in [6.45, 7) is 0. The molecule has 0 bridgehead atoms. The third-order valence-electron chi connectivity index (χ3n) is 3.96. The normalized spacial score (nSPS) is 31.7. The van der Waals surface area contributed by atoms with Crippen molar-refractivity contribution in [3.8, 4) is 0 Å². The molecule has 1 heterocycles. The highest BCUT2D eigenvalue weighted by Crippen LogP contribution is 2.39. The zero-order chi connectivity index (χ0) is 13.3. The number of carboxylic acids is 1. The molecule has 0 spiro atoms. The van der Waals surface area contributed by atoms with Crippen LogP contribution in [0.2, 0.25) is 0 Å². The van der Waals surface area contributed by atoms with Gasteiger partial charge in [0.1, 0.15) is 6.04 Å². The van der Waals surface area contributed by atoms with Crippen LogP contribution in [0.25, 0.3) is 0 Å². The van der Waals surface area contributed by atoms with Crippen molar-refractivity contribution in [1.82, 2.24) is 4.90 Å². The highest BCUT2D eigenvalue weighted by atomic mass is 16.5. The standard InChI is InChI=1S/C12H17NO5/c1-18-12(17)13-9(11(15)16)6-7-4-2-3-5-8(7)10(13)14/h7-9H,2-6H2,1H3,(H,15,16). The maximum Gasteiger partial charge on any atom is 0.417 e. The second-order valence-electron chi connectivity index (χ2n) is 4.92. The fourth-order valence-corrected chi connectivity index (χ4v) is 3.07. The number of carbonyl (C=O) groups is 3. The average Bonchev–Trinajstić information content (AvgIpc) is 2.37. The van der Waals surface area contributed by atoms with Gasteiger partial charge in [-0.05, 0) is 25.2 Å². The van der Waals surface area contributed by atoms with E-state index in [1.165, 1.54) is 0 Å². The minimum absolute atomic E-state index is 0.0910. The first-order valence-corrected chi connectivity index (χ1v) is 6.20. The van der Waals surface area contributed by atoms with Crippen LogP contribution in [-0.2, 0) is 14.3 Å². The molecule has 1 saturated carbocycles. The summed E-state index contributed by atoms with van der Waals surface area (Å²) in [6, 6.07) is -1.08. The van der Waals surface area contributed by atoms with Crippen molar-refractivity contribution < 1.29 is 24.2 Å². The lowest BCUT2D eigenvalue weighted by Gasteiger charge is -2.41. The van der Waals surface area contributed by atoms with E-state index in [0.717, 1.165) is 37.7 Å². The zero-order valence-electron chi connectivity index (χ0n) is 10.3. The van der Waals surface area contributed by atoms with Crippen molar-refractivity contribution in [2.45, 2.75) is 38.1 Å². The average molecular weight is 255 g/mol. The quantitative estimate of drug-likeness (QED) is 0.762. The van der Waals surface area contributed by atoms with E-state index in [-0.39, 0.29) is 17.7 Å². The molecule has 18 heavy (non-hydrogen) atoms. The third-order valence-corrected chi connectivity index (χ3v) is 3.96. The Hall–Kier alpha value is -1.59. The second-order valence-corrected chi connectivity index (χ2v) is 4.92. The maximum atomic E-state index is 12.2. The van der Waals surface area contributed by atoms with Gasteiger partial charge >= 0.3 is 12.1 Å². The van der Waals surface area contributed by atoms with Crippen LogP contribution in [0.15, 0.2) is 0 Å². The van der Waals surface area contributed by atoms with Crippen LogP contribution in [0, 0.1) is 11.8 Å². The van der Waals surface area contributed by atoms with E-state index in [2.05, 4.69) is 4.74 Å². The van der Waals surface area contributed by atoms with Gasteiger partial charge in [0, 0.05) is 5.92 Å². The first-order chi connectivity index (χ1) is 8.56. The molecular formula is C12H17NO5. The lowest BCUT2D eigenvalue weighted by Crippen LogP contribution is -2.57.